The number of benzene rings is 2. The summed E-state index contributed by atoms with van der Waals surface area (Å²) in [5, 5.41) is 0.806. The molecule has 5 heteroatoms. The molecule has 0 fully saturated rings. The van der Waals surface area contributed by atoms with Crippen LogP contribution in [-0.4, -0.2) is 18.6 Å². The van der Waals surface area contributed by atoms with E-state index in [4.69, 9.17) is 9.15 Å². The molecule has 0 saturated heterocycles. The Hall–Kier alpha value is -3.08. The molecule has 0 saturated carbocycles. The maximum Gasteiger partial charge on any atom is 0.336 e. The van der Waals surface area contributed by atoms with Crippen LogP contribution < -0.4 is 15.3 Å². The maximum absolute atomic E-state index is 12.6. The first-order valence-electron chi connectivity index (χ1n) is 8.18. The third-order valence-electron chi connectivity index (χ3n) is 4.43. The zero-order valence-electron chi connectivity index (χ0n) is 13.8. The van der Waals surface area contributed by atoms with Gasteiger partial charge in [0.25, 0.3) is 5.91 Å². The Morgan fingerprint density at radius 1 is 1.20 bits per heavy atom. The van der Waals surface area contributed by atoms with Gasteiger partial charge in [-0.3, -0.25) is 4.79 Å². The van der Waals surface area contributed by atoms with E-state index in [1.807, 2.05) is 31.2 Å². The first-order valence-corrected chi connectivity index (χ1v) is 8.18. The monoisotopic (exact) mass is 335 g/mol. The van der Waals surface area contributed by atoms with E-state index in [2.05, 4.69) is 0 Å². The fraction of sp³-hybridized carbons (Fsp3) is 0.200. The highest BCUT2D eigenvalue weighted by Crippen LogP contribution is 2.32. The van der Waals surface area contributed by atoms with Crippen LogP contribution in [0.2, 0.25) is 0 Å². The van der Waals surface area contributed by atoms with Crippen molar-refractivity contribution < 1.29 is 13.9 Å². The van der Waals surface area contributed by atoms with Crippen LogP contribution in [0.5, 0.6) is 5.75 Å². The molecular formula is C20H17NO4. The van der Waals surface area contributed by atoms with Crippen LogP contribution in [0.15, 0.2) is 63.8 Å². The number of carbonyl (C=O) groups excluding carboxylic acids is 1. The number of hydrogen-bond acceptors (Lipinski definition) is 4. The summed E-state index contributed by atoms with van der Waals surface area (Å²) in [6, 6.07) is 16.3. The van der Waals surface area contributed by atoms with Crippen molar-refractivity contribution in [1.29, 1.82) is 0 Å². The lowest BCUT2D eigenvalue weighted by Gasteiger charge is -2.22. The van der Waals surface area contributed by atoms with Crippen molar-refractivity contribution >= 4 is 22.6 Å². The predicted molar refractivity (Wildman–Crippen MR) is 95.1 cm³/mol. The number of amides is 1. The minimum atomic E-state index is -0.414. The normalized spacial score (nSPS) is 16.0. The Morgan fingerprint density at radius 3 is 2.88 bits per heavy atom. The van der Waals surface area contributed by atoms with E-state index >= 15 is 0 Å². The highest BCUT2D eigenvalue weighted by molar-refractivity contribution is 5.97. The topological polar surface area (TPSA) is 59.8 Å². The van der Waals surface area contributed by atoms with Crippen molar-refractivity contribution in [3.63, 3.8) is 0 Å². The Morgan fingerprint density at radius 2 is 2.00 bits per heavy atom. The number of fused-ring (bicyclic) bond motifs is 2. The summed E-state index contributed by atoms with van der Waals surface area (Å²) >= 11 is 0. The van der Waals surface area contributed by atoms with Crippen molar-refractivity contribution in [3.8, 4) is 5.75 Å². The van der Waals surface area contributed by atoms with Gasteiger partial charge >= 0.3 is 5.63 Å². The van der Waals surface area contributed by atoms with Gasteiger partial charge in [0.15, 0.2) is 6.61 Å². The molecule has 126 valence electrons. The van der Waals surface area contributed by atoms with Crippen molar-refractivity contribution in [1.82, 2.24) is 0 Å². The average molecular weight is 335 g/mol. The summed E-state index contributed by atoms with van der Waals surface area (Å²) in [5.41, 5.74) is 2.16. The van der Waals surface area contributed by atoms with Crippen LogP contribution in [0, 0.1) is 0 Å². The van der Waals surface area contributed by atoms with E-state index < -0.39 is 5.63 Å². The second-order valence-corrected chi connectivity index (χ2v) is 6.19. The van der Waals surface area contributed by atoms with Gasteiger partial charge in [-0.1, -0.05) is 18.2 Å². The molecule has 1 aliphatic rings. The summed E-state index contributed by atoms with van der Waals surface area (Å²) in [5.74, 6) is 0.405. The van der Waals surface area contributed by atoms with Crippen LogP contribution in [0.25, 0.3) is 11.0 Å². The number of ether oxygens (including phenoxy) is 1. The van der Waals surface area contributed by atoms with Gasteiger partial charge in [0.1, 0.15) is 11.3 Å². The lowest BCUT2D eigenvalue weighted by molar-refractivity contribution is -0.120. The smallest absolute Gasteiger partial charge is 0.336 e. The van der Waals surface area contributed by atoms with E-state index in [1.165, 1.54) is 11.6 Å². The zero-order chi connectivity index (χ0) is 17.4. The van der Waals surface area contributed by atoms with Crippen LogP contribution in [-0.2, 0) is 11.2 Å². The first kappa shape index (κ1) is 15.4. The molecular weight excluding hydrogens is 318 g/mol. The van der Waals surface area contributed by atoms with Crippen molar-refractivity contribution in [3.05, 3.63) is 70.6 Å². The lowest BCUT2D eigenvalue weighted by atomic mass is 10.1. The van der Waals surface area contributed by atoms with Crippen LogP contribution >= 0.6 is 0 Å². The van der Waals surface area contributed by atoms with Gasteiger partial charge in [-0.15, -0.1) is 0 Å². The third kappa shape index (κ3) is 2.89. The maximum atomic E-state index is 12.6. The molecule has 0 unspecified atom stereocenters. The molecule has 1 aromatic heterocycles. The van der Waals surface area contributed by atoms with Gasteiger partial charge in [0.2, 0.25) is 0 Å². The third-order valence-corrected chi connectivity index (χ3v) is 4.43. The number of hydrogen-bond donors (Lipinski definition) is 0. The summed E-state index contributed by atoms with van der Waals surface area (Å²) in [6.45, 7) is 1.96. The van der Waals surface area contributed by atoms with Crippen LogP contribution in [0.4, 0.5) is 5.69 Å². The summed E-state index contributed by atoms with van der Waals surface area (Å²) in [6.07, 6.45) is 0.850. The molecule has 2 aromatic carbocycles. The molecule has 2 heterocycles. The SMILES string of the molecule is C[C@H]1Cc2ccccc2N1C(=O)COc1ccc2ccc(=O)oc2c1. The molecule has 1 amide bonds. The van der Waals surface area contributed by atoms with E-state index in [9.17, 15) is 9.59 Å². The fourth-order valence-electron chi connectivity index (χ4n) is 3.29. The first-order chi connectivity index (χ1) is 12.1. The molecule has 4 rings (SSSR count). The quantitative estimate of drug-likeness (QED) is 0.690. The van der Waals surface area contributed by atoms with Crippen molar-refractivity contribution in [2.45, 2.75) is 19.4 Å². The highest BCUT2D eigenvalue weighted by Gasteiger charge is 2.30. The molecule has 25 heavy (non-hydrogen) atoms. The second kappa shape index (κ2) is 6.09. The van der Waals surface area contributed by atoms with Gasteiger partial charge < -0.3 is 14.1 Å². The van der Waals surface area contributed by atoms with E-state index in [0.717, 1.165) is 17.5 Å². The van der Waals surface area contributed by atoms with Crippen molar-refractivity contribution in [2.24, 2.45) is 0 Å². The minimum Gasteiger partial charge on any atom is -0.484 e. The van der Waals surface area contributed by atoms with E-state index in [0.29, 0.717) is 11.3 Å². The standard InChI is InChI=1S/C20H17NO4/c1-13-10-15-4-2-3-5-17(15)21(13)19(22)12-24-16-8-6-14-7-9-20(23)25-18(14)11-16/h2-9,11,13H,10,12H2,1H3/t13-/m0/s1. The van der Waals surface area contributed by atoms with E-state index in [1.54, 1.807) is 29.2 Å². The fourth-order valence-corrected chi connectivity index (χ4v) is 3.29. The predicted octanol–water partition coefficient (Wildman–Crippen LogP) is 3.15. The number of anilines is 1. The lowest BCUT2D eigenvalue weighted by Crippen LogP contribution is -2.39. The summed E-state index contributed by atoms with van der Waals surface area (Å²) < 4.78 is 10.8. The van der Waals surface area contributed by atoms with Crippen LogP contribution in [0.1, 0.15) is 12.5 Å². The number of carbonyl (C=O) groups is 1. The second-order valence-electron chi connectivity index (χ2n) is 6.19. The van der Waals surface area contributed by atoms with Crippen LogP contribution in [0.3, 0.4) is 0 Å². The molecule has 1 aliphatic heterocycles. The van der Waals surface area contributed by atoms with Gasteiger partial charge in [-0.25, -0.2) is 4.79 Å². The van der Waals surface area contributed by atoms with Gasteiger partial charge in [0, 0.05) is 29.2 Å². The molecule has 5 nitrogen and oxygen atoms in total. The van der Waals surface area contributed by atoms with Gasteiger partial charge in [-0.05, 0) is 43.2 Å². The molecule has 0 bridgehead atoms. The Balaban J connectivity index is 1.51. The number of rotatable bonds is 3. The molecule has 0 radical (unpaired) electrons. The molecule has 1 atom stereocenters. The molecule has 0 aliphatic carbocycles. The zero-order valence-corrected chi connectivity index (χ0v) is 13.8. The van der Waals surface area contributed by atoms with Gasteiger partial charge in [-0.2, -0.15) is 0 Å². The Labute approximate surface area is 144 Å². The summed E-state index contributed by atoms with van der Waals surface area (Å²) in [7, 11) is 0. The van der Waals surface area contributed by atoms with Gasteiger partial charge in [0.05, 0.1) is 0 Å². The Bertz CT molecular complexity index is 1010. The van der Waals surface area contributed by atoms with Crippen molar-refractivity contribution in [2.75, 3.05) is 11.5 Å². The Kier molecular flexibility index (Phi) is 3.76. The molecule has 3 aromatic rings. The molecule has 0 spiro atoms. The number of para-hydroxylation sites is 1. The minimum absolute atomic E-state index is 0.0682. The number of nitrogens with zero attached hydrogens (tertiary/aromatic N) is 1. The summed E-state index contributed by atoms with van der Waals surface area (Å²) in [4.78, 5) is 25.7. The molecule has 0 N–H and O–H groups in total. The largest absolute Gasteiger partial charge is 0.484 e. The highest BCUT2D eigenvalue weighted by atomic mass is 16.5. The van der Waals surface area contributed by atoms with E-state index in [-0.39, 0.29) is 18.6 Å². The average Bonchev–Trinajstić information content (AvgIpc) is 2.95.